The molecule has 3 nitrogen and oxygen atoms in total. The molecule has 0 amide bonds. The molecule has 1 unspecified atom stereocenters. The van der Waals surface area contributed by atoms with Crippen LogP contribution in [0.25, 0.3) is 0 Å². The van der Waals surface area contributed by atoms with E-state index in [0.717, 1.165) is 6.54 Å². The Morgan fingerprint density at radius 2 is 1.88 bits per heavy atom. The molecule has 1 rings (SSSR count). The highest BCUT2D eigenvalue weighted by atomic mass is 16.3. The summed E-state index contributed by atoms with van der Waals surface area (Å²) in [5.41, 5.74) is -0.193. The molecule has 3 heteroatoms. The Hall–Kier alpha value is -0.120. The van der Waals surface area contributed by atoms with Gasteiger partial charge in [-0.3, -0.25) is 0 Å². The summed E-state index contributed by atoms with van der Waals surface area (Å²) in [4.78, 5) is 2.39. The molecule has 1 aliphatic rings. The summed E-state index contributed by atoms with van der Waals surface area (Å²) < 4.78 is 0. The van der Waals surface area contributed by atoms with E-state index in [-0.39, 0.29) is 0 Å². The zero-order valence-electron chi connectivity index (χ0n) is 12.2. The molecule has 0 spiro atoms. The van der Waals surface area contributed by atoms with Gasteiger partial charge in [0.15, 0.2) is 0 Å². The molecule has 0 aromatic heterocycles. The molecule has 0 aliphatic carbocycles. The first kappa shape index (κ1) is 14.9. The second kappa shape index (κ2) is 5.68. The van der Waals surface area contributed by atoms with Crippen LogP contribution in [0.4, 0.5) is 0 Å². The molecule has 102 valence electrons. The Balaban J connectivity index is 2.31. The van der Waals surface area contributed by atoms with E-state index in [1.165, 1.54) is 25.9 Å². The zero-order chi connectivity index (χ0) is 13.1. The molecule has 1 saturated heterocycles. The van der Waals surface area contributed by atoms with Crippen LogP contribution in [0, 0.1) is 11.3 Å². The third kappa shape index (κ3) is 4.57. The van der Waals surface area contributed by atoms with E-state index in [2.05, 4.69) is 38.0 Å². The monoisotopic (exact) mass is 242 g/mol. The predicted molar refractivity (Wildman–Crippen MR) is 73.2 cm³/mol. The summed E-state index contributed by atoms with van der Waals surface area (Å²) >= 11 is 0. The first-order valence-corrected chi connectivity index (χ1v) is 6.87. The van der Waals surface area contributed by atoms with Gasteiger partial charge in [-0.25, -0.2) is 0 Å². The zero-order valence-corrected chi connectivity index (χ0v) is 12.2. The second-order valence-corrected chi connectivity index (χ2v) is 6.73. The highest BCUT2D eigenvalue weighted by Crippen LogP contribution is 2.29. The van der Waals surface area contributed by atoms with E-state index in [9.17, 15) is 5.11 Å². The minimum absolute atomic E-state index is 0.292. The summed E-state index contributed by atoms with van der Waals surface area (Å²) in [6.45, 7) is 12.5. The van der Waals surface area contributed by atoms with Crippen LogP contribution in [0.2, 0.25) is 0 Å². The van der Waals surface area contributed by atoms with Crippen molar-refractivity contribution in [1.82, 2.24) is 10.2 Å². The maximum Gasteiger partial charge on any atom is 0.0766 e. The van der Waals surface area contributed by atoms with E-state index in [0.29, 0.717) is 17.9 Å². The van der Waals surface area contributed by atoms with Gasteiger partial charge >= 0.3 is 0 Å². The topological polar surface area (TPSA) is 35.5 Å². The number of rotatable bonds is 5. The summed E-state index contributed by atoms with van der Waals surface area (Å²) in [6.07, 6.45) is 2.50. The fourth-order valence-corrected chi connectivity index (χ4v) is 2.16. The number of nitrogens with zero attached hydrogens (tertiary/aromatic N) is 1. The second-order valence-electron chi connectivity index (χ2n) is 6.73. The van der Waals surface area contributed by atoms with E-state index in [4.69, 9.17) is 0 Å². The van der Waals surface area contributed by atoms with Gasteiger partial charge in [0, 0.05) is 13.1 Å². The highest BCUT2D eigenvalue weighted by molar-refractivity contribution is 4.85. The summed E-state index contributed by atoms with van der Waals surface area (Å²) in [5.74, 6) is 0.292. The Labute approximate surface area is 107 Å². The van der Waals surface area contributed by atoms with Gasteiger partial charge < -0.3 is 15.3 Å². The van der Waals surface area contributed by atoms with Gasteiger partial charge in [0.2, 0.25) is 0 Å². The van der Waals surface area contributed by atoms with Crippen molar-refractivity contribution in [3.63, 3.8) is 0 Å². The number of hydrogen-bond donors (Lipinski definition) is 2. The van der Waals surface area contributed by atoms with Crippen LogP contribution in [0.5, 0.6) is 0 Å². The van der Waals surface area contributed by atoms with Gasteiger partial charge in [-0.2, -0.15) is 0 Å². The van der Waals surface area contributed by atoms with Crippen LogP contribution in [0.3, 0.4) is 0 Å². The first-order chi connectivity index (χ1) is 7.75. The predicted octanol–water partition coefficient (Wildman–Crippen LogP) is 1.71. The van der Waals surface area contributed by atoms with Gasteiger partial charge in [0.25, 0.3) is 0 Å². The molecule has 0 aromatic rings. The van der Waals surface area contributed by atoms with E-state index in [1.807, 2.05) is 6.92 Å². The fourth-order valence-electron chi connectivity index (χ4n) is 2.16. The van der Waals surface area contributed by atoms with Crippen molar-refractivity contribution in [2.45, 2.75) is 46.1 Å². The number of aliphatic hydroxyl groups is 1. The first-order valence-electron chi connectivity index (χ1n) is 6.87. The van der Waals surface area contributed by atoms with Crippen molar-refractivity contribution in [1.29, 1.82) is 0 Å². The summed E-state index contributed by atoms with van der Waals surface area (Å²) in [6, 6.07) is 0. The van der Waals surface area contributed by atoms with Gasteiger partial charge in [0.05, 0.1) is 5.60 Å². The standard InChI is InChI=1S/C14H30N2O/c1-12(2)14(4,17)11-15-10-13(3)6-8-16(5)9-7-13/h12,15,17H,6-11H2,1-5H3. The van der Waals surface area contributed by atoms with Crippen molar-refractivity contribution in [3.05, 3.63) is 0 Å². The largest absolute Gasteiger partial charge is 0.389 e. The molecule has 0 saturated carbocycles. The Morgan fingerprint density at radius 1 is 1.35 bits per heavy atom. The molecular weight excluding hydrogens is 212 g/mol. The Bertz CT molecular complexity index is 230. The van der Waals surface area contributed by atoms with Crippen molar-refractivity contribution >= 4 is 0 Å². The fraction of sp³-hybridized carbons (Fsp3) is 1.00. The molecular formula is C14H30N2O. The summed E-state index contributed by atoms with van der Waals surface area (Å²) in [7, 11) is 2.19. The molecule has 1 aliphatic heterocycles. The number of piperidine rings is 1. The molecule has 0 bridgehead atoms. The van der Waals surface area contributed by atoms with Gasteiger partial charge in [-0.15, -0.1) is 0 Å². The van der Waals surface area contributed by atoms with Crippen molar-refractivity contribution < 1.29 is 5.11 Å². The molecule has 1 fully saturated rings. The molecule has 0 radical (unpaired) electrons. The molecule has 1 heterocycles. The molecule has 17 heavy (non-hydrogen) atoms. The minimum Gasteiger partial charge on any atom is -0.389 e. The smallest absolute Gasteiger partial charge is 0.0766 e. The maximum absolute atomic E-state index is 10.2. The number of hydrogen-bond acceptors (Lipinski definition) is 3. The van der Waals surface area contributed by atoms with Gasteiger partial charge in [-0.1, -0.05) is 20.8 Å². The lowest BCUT2D eigenvalue weighted by molar-refractivity contribution is 0.0104. The van der Waals surface area contributed by atoms with Crippen molar-refractivity contribution in [3.8, 4) is 0 Å². The van der Waals surface area contributed by atoms with Crippen LogP contribution in [-0.2, 0) is 0 Å². The lowest BCUT2D eigenvalue weighted by Gasteiger charge is -2.39. The van der Waals surface area contributed by atoms with Gasteiger partial charge in [0.1, 0.15) is 0 Å². The quantitative estimate of drug-likeness (QED) is 0.770. The summed E-state index contributed by atoms with van der Waals surface area (Å²) in [5, 5.41) is 13.6. The van der Waals surface area contributed by atoms with Crippen molar-refractivity contribution in [2.24, 2.45) is 11.3 Å². The van der Waals surface area contributed by atoms with E-state index >= 15 is 0 Å². The van der Waals surface area contributed by atoms with Crippen LogP contribution >= 0.6 is 0 Å². The normalized spacial score (nSPS) is 24.9. The van der Waals surface area contributed by atoms with Crippen LogP contribution in [0.1, 0.15) is 40.5 Å². The van der Waals surface area contributed by atoms with Gasteiger partial charge in [-0.05, 0) is 51.2 Å². The average molecular weight is 242 g/mol. The lowest BCUT2D eigenvalue weighted by atomic mass is 9.80. The maximum atomic E-state index is 10.2. The van der Waals surface area contributed by atoms with E-state index in [1.54, 1.807) is 0 Å². The Morgan fingerprint density at radius 3 is 2.35 bits per heavy atom. The highest BCUT2D eigenvalue weighted by Gasteiger charge is 2.30. The Kier molecular flexibility index (Phi) is 4.99. The third-order valence-electron chi connectivity index (χ3n) is 4.47. The molecule has 1 atom stereocenters. The van der Waals surface area contributed by atoms with Crippen molar-refractivity contribution in [2.75, 3.05) is 33.2 Å². The van der Waals surface area contributed by atoms with Crippen LogP contribution in [-0.4, -0.2) is 48.8 Å². The SMILES string of the molecule is CC(C)C(C)(O)CNCC1(C)CCN(C)CC1. The minimum atomic E-state index is -0.595. The van der Waals surface area contributed by atoms with Crippen LogP contribution < -0.4 is 5.32 Å². The van der Waals surface area contributed by atoms with Crippen LogP contribution in [0.15, 0.2) is 0 Å². The lowest BCUT2D eigenvalue weighted by Crippen LogP contribution is -2.47. The number of likely N-dealkylation sites (tertiary alicyclic amines) is 1. The number of nitrogens with one attached hydrogen (secondary N) is 1. The molecule has 0 aromatic carbocycles. The average Bonchev–Trinajstić information content (AvgIpc) is 2.22. The third-order valence-corrected chi connectivity index (χ3v) is 4.47. The van der Waals surface area contributed by atoms with E-state index < -0.39 is 5.60 Å². The molecule has 2 N–H and O–H groups in total.